The van der Waals surface area contributed by atoms with Crippen LogP contribution in [0.25, 0.3) is 15.8 Å². The first-order valence-electron chi connectivity index (χ1n) is 10.4. The molecule has 0 bridgehead atoms. The minimum absolute atomic E-state index is 0.0355. The Bertz CT molecular complexity index is 1210. The monoisotopic (exact) mass is 476 g/mol. The van der Waals surface area contributed by atoms with Crippen molar-refractivity contribution in [3.05, 3.63) is 58.2 Å². The van der Waals surface area contributed by atoms with Gasteiger partial charge in [-0.1, -0.05) is 18.2 Å². The minimum atomic E-state index is -4.38. The number of rotatable bonds is 6. The number of aryl methyl sites for hydroxylation is 1. The van der Waals surface area contributed by atoms with Crippen molar-refractivity contribution in [3.8, 4) is 0 Å². The lowest BCUT2D eigenvalue weighted by Gasteiger charge is -2.25. The SMILES string of the molecule is COCC(=O)N1CC=C(c2cc3nc(C)nc(NCc4cccc(C(F)(F)F)c4)c3s2)CC1. The predicted molar refractivity (Wildman–Crippen MR) is 122 cm³/mol. The molecular weight excluding hydrogens is 453 g/mol. The van der Waals surface area contributed by atoms with Crippen LogP contribution in [0.1, 0.15) is 28.2 Å². The summed E-state index contributed by atoms with van der Waals surface area (Å²) in [4.78, 5) is 23.8. The Kier molecular flexibility index (Phi) is 6.66. The Hall–Kier alpha value is -2.98. The summed E-state index contributed by atoms with van der Waals surface area (Å²) in [7, 11) is 1.50. The Morgan fingerprint density at radius 1 is 1.27 bits per heavy atom. The van der Waals surface area contributed by atoms with E-state index in [1.165, 1.54) is 24.5 Å². The second-order valence-corrected chi connectivity index (χ2v) is 8.80. The van der Waals surface area contributed by atoms with Crippen LogP contribution in [0.3, 0.4) is 0 Å². The van der Waals surface area contributed by atoms with Crippen molar-refractivity contribution in [1.82, 2.24) is 14.9 Å². The standard InChI is InChI=1S/C23H23F3N4O2S/c1-14-28-18-11-19(16-6-8-30(9-7-16)20(31)13-32-2)33-21(18)22(29-14)27-12-15-4-3-5-17(10-15)23(24,25)26/h3-6,10-11H,7-9,12-13H2,1-2H3,(H,27,28,29). The summed E-state index contributed by atoms with van der Waals surface area (Å²) >= 11 is 1.54. The van der Waals surface area contributed by atoms with E-state index in [1.54, 1.807) is 17.9 Å². The lowest BCUT2D eigenvalue weighted by molar-refractivity contribution is -0.137. The van der Waals surface area contributed by atoms with Crippen LogP contribution in [0.5, 0.6) is 0 Å². The number of nitrogens with zero attached hydrogens (tertiary/aromatic N) is 3. The van der Waals surface area contributed by atoms with E-state index in [0.29, 0.717) is 30.3 Å². The van der Waals surface area contributed by atoms with Crippen molar-refractivity contribution < 1.29 is 22.7 Å². The fourth-order valence-corrected chi connectivity index (χ4v) is 4.83. The van der Waals surface area contributed by atoms with E-state index < -0.39 is 11.7 Å². The van der Waals surface area contributed by atoms with Gasteiger partial charge in [0.15, 0.2) is 0 Å². The molecule has 0 fully saturated rings. The zero-order valence-corrected chi connectivity index (χ0v) is 19.0. The number of amides is 1. The van der Waals surface area contributed by atoms with Gasteiger partial charge in [-0.2, -0.15) is 13.2 Å². The molecular formula is C23H23F3N4O2S. The number of hydrogen-bond donors (Lipinski definition) is 1. The van der Waals surface area contributed by atoms with Crippen LogP contribution in [-0.2, 0) is 22.3 Å². The topological polar surface area (TPSA) is 67.3 Å². The van der Waals surface area contributed by atoms with Crippen LogP contribution >= 0.6 is 11.3 Å². The number of methoxy groups -OCH3 is 1. The number of nitrogens with one attached hydrogen (secondary N) is 1. The zero-order chi connectivity index (χ0) is 23.6. The number of aromatic nitrogens is 2. The van der Waals surface area contributed by atoms with Crippen LogP contribution in [0.4, 0.5) is 19.0 Å². The Labute approximate surface area is 193 Å². The highest BCUT2D eigenvalue weighted by atomic mass is 32.1. The van der Waals surface area contributed by atoms with Crippen LogP contribution in [0, 0.1) is 6.92 Å². The van der Waals surface area contributed by atoms with E-state index in [-0.39, 0.29) is 19.1 Å². The number of thiophene rings is 1. The van der Waals surface area contributed by atoms with Crippen molar-refractivity contribution in [1.29, 1.82) is 0 Å². The first kappa shape index (κ1) is 23.2. The summed E-state index contributed by atoms with van der Waals surface area (Å²) < 4.78 is 44.8. The second kappa shape index (κ2) is 9.48. The maximum absolute atomic E-state index is 13.0. The molecule has 6 nitrogen and oxygen atoms in total. The molecule has 0 atom stereocenters. The van der Waals surface area contributed by atoms with Gasteiger partial charge in [-0.25, -0.2) is 9.97 Å². The van der Waals surface area contributed by atoms with Crippen LogP contribution in [-0.4, -0.2) is 47.6 Å². The first-order valence-corrected chi connectivity index (χ1v) is 11.2. The molecule has 0 spiro atoms. The maximum Gasteiger partial charge on any atom is 0.416 e. The van der Waals surface area contributed by atoms with Crippen LogP contribution in [0.15, 0.2) is 36.4 Å². The zero-order valence-electron chi connectivity index (χ0n) is 18.2. The maximum atomic E-state index is 13.0. The average Bonchev–Trinajstić information content (AvgIpc) is 3.21. The third kappa shape index (κ3) is 5.33. The first-order chi connectivity index (χ1) is 15.7. The fraction of sp³-hybridized carbons (Fsp3) is 0.348. The molecule has 2 aromatic heterocycles. The van der Waals surface area contributed by atoms with Gasteiger partial charge in [-0.15, -0.1) is 11.3 Å². The van der Waals surface area contributed by atoms with E-state index >= 15 is 0 Å². The van der Waals surface area contributed by atoms with E-state index in [9.17, 15) is 18.0 Å². The van der Waals surface area contributed by atoms with Gasteiger partial charge in [-0.3, -0.25) is 4.79 Å². The van der Waals surface area contributed by atoms with Crippen molar-refractivity contribution in [2.45, 2.75) is 26.1 Å². The molecule has 0 unspecified atom stereocenters. The number of halogens is 3. The molecule has 174 valence electrons. The number of hydrogen-bond acceptors (Lipinski definition) is 6. The van der Waals surface area contributed by atoms with E-state index in [2.05, 4.69) is 15.3 Å². The highest BCUT2D eigenvalue weighted by Gasteiger charge is 2.30. The molecule has 33 heavy (non-hydrogen) atoms. The number of anilines is 1. The summed E-state index contributed by atoms with van der Waals surface area (Å²) in [5.41, 5.74) is 1.77. The van der Waals surface area contributed by atoms with Gasteiger partial charge in [-0.05, 0) is 42.7 Å². The summed E-state index contributed by atoms with van der Waals surface area (Å²) in [5.74, 6) is 1.14. The number of carbonyl (C=O) groups is 1. The van der Waals surface area contributed by atoms with E-state index in [1.807, 2.05) is 12.1 Å². The van der Waals surface area contributed by atoms with Gasteiger partial charge in [0.25, 0.3) is 0 Å². The molecule has 1 amide bonds. The highest BCUT2D eigenvalue weighted by Crippen LogP contribution is 2.36. The summed E-state index contributed by atoms with van der Waals surface area (Å²) in [6.45, 7) is 3.21. The lowest BCUT2D eigenvalue weighted by Crippen LogP contribution is -2.36. The Morgan fingerprint density at radius 3 is 2.79 bits per heavy atom. The number of carbonyl (C=O) groups excluding carboxylic acids is 1. The van der Waals surface area contributed by atoms with Gasteiger partial charge >= 0.3 is 6.18 Å². The van der Waals surface area contributed by atoms with E-state index in [4.69, 9.17) is 4.74 Å². The number of alkyl halides is 3. The largest absolute Gasteiger partial charge is 0.416 e. The van der Waals surface area contributed by atoms with Crippen LogP contribution < -0.4 is 5.32 Å². The third-order valence-corrected chi connectivity index (χ3v) is 6.55. The summed E-state index contributed by atoms with van der Waals surface area (Å²) in [5, 5.41) is 3.18. The molecule has 10 heteroatoms. The van der Waals surface area contributed by atoms with Crippen LogP contribution in [0.2, 0.25) is 0 Å². The van der Waals surface area contributed by atoms with Gasteiger partial charge in [0.05, 0.1) is 15.8 Å². The number of ether oxygens (including phenoxy) is 1. The fourth-order valence-electron chi connectivity index (χ4n) is 3.70. The number of benzene rings is 1. The second-order valence-electron chi connectivity index (χ2n) is 7.75. The van der Waals surface area contributed by atoms with Gasteiger partial charge < -0.3 is 15.0 Å². The molecule has 4 rings (SSSR count). The molecule has 0 saturated heterocycles. The normalized spacial score (nSPS) is 14.5. The predicted octanol–water partition coefficient (Wildman–Crippen LogP) is 4.89. The number of fused-ring (bicyclic) bond motifs is 1. The molecule has 3 aromatic rings. The smallest absolute Gasteiger partial charge is 0.375 e. The lowest BCUT2D eigenvalue weighted by atomic mass is 10.1. The van der Waals surface area contributed by atoms with Gasteiger partial charge in [0, 0.05) is 31.6 Å². The third-order valence-electron chi connectivity index (χ3n) is 5.34. The Balaban J connectivity index is 1.54. The van der Waals surface area contributed by atoms with E-state index in [0.717, 1.165) is 39.2 Å². The summed E-state index contributed by atoms with van der Waals surface area (Å²) in [6.07, 6.45) is -1.62. The molecule has 1 aliphatic rings. The molecule has 1 aliphatic heterocycles. The molecule has 0 aliphatic carbocycles. The minimum Gasteiger partial charge on any atom is -0.375 e. The van der Waals surface area contributed by atoms with Gasteiger partial charge in [0.2, 0.25) is 5.91 Å². The molecule has 0 radical (unpaired) electrons. The molecule has 1 aromatic carbocycles. The Morgan fingerprint density at radius 2 is 2.09 bits per heavy atom. The van der Waals surface area contributed by atoms with Gasteiger partial charge in [0.1, 0.15) is 18.2 Å². The van der Waals surface area contributed by atoms with Crippen molar-refractivity contribution in [3.63, 3.8) is 0 Å². The van der Waals surface area contributed by atoms with Crippen molar-refractivity contribution in [2.24, 2.45) is 0 Å². The quantitative estimate of drug-likeness (QED) is 0.549. The molecule has 0 saturated carbocycles. The van der Waals surface area contributed by atoms with Crippen molar-refractivity contribution >= 4 is 38.9 Å². The summed E-state index contributed by atoms with van der Waals surface area (Å²) in [6, 6.07) is 7.25. The van der Waals surface area contributed by atoms with Crippen molar-refractivity contribution in [2.75, 3.05) is 32.1 Å². The molecule has 3 heterocycles. The highest BCUT2D eigenvalue weighted by molar-refractivity contribution is 7.20. The molecule has 1 N–H and O–H groups in total. The average molecular weight is 477 g/mol.